The summed E-state index contributed by atoms with van der Waals surface area (Å²) in [6.07, 6.45) is 0.586. The van der Waals surface area contributed by atoms with Crippen LogP contribution in [0.5, 0.6) is 0 Å². The number of para-hydroxylation sites is 1. The molecule has 0 aliphatic carbocycles. The van der Waals surface area contributed by atoms with Crippen LogP contribution in [0.4, 0.5) is 5.69 Å². The van der Waals surface area contributed by atoms with Crippen molar-refractivity contribution < 1.29 is 9.59 Å². The van der Waals surface area contributed by atoms with Gasteiger partial charge in [0.15, 0.2) is 0 Å². The van der Waals surface area contributed by atoms with Crippen LogP contribution in [-0.4, -0.2) is 29.5 Å². The summed E-state index contributed by atoms with van der Waals surface area (Å²) in [5, 5.41) is 14.4. The molecule has 6 heteroatoms. The predicted octanol–water partition coefficient (Wildman–Crippen LogP) is 2.70. The van der Waals surface area contributed by atoms with Crippen LogP contribution in [0.25, 0.3) is 0 Å². The van der Waals surface area contributed by atoms with Gasteiger partial charge in [0, 0.05) is 26.4 Å². The molecule has 0 radical (unpaired) electrons. The molecule has 2 aromatic carbocycles. The zero-order chi connectivity index (χ0) is 18.5. The second kappa shape index (κ2) is 7.62. The molecule has 0 N–H and O–H groups in total. The van der Waals surface area contributed by atoms with Crippen molar-refractivity contribution in [2.45, 2.75) is 19.4 Å². The van der Waals surface area contributed by atoms with Gasteiger partial charge in [-0.25, -0.2) is 5.01 Å². The number of hydrazone groups is 1. The molecule has 0 saturated heterocycles. The molecule has 0 unspecified atom stereocenters. The summed E-state index contributed by atoms with van der Waals surface area (Å²) < 4.78 is 0. The fourth-order valence-corrected chi connectivity index (χ4v) is 2.73. The van der Waals surface area contributed by atoms with Crippen LogP contribution >= 0.6 is 0 Å². The Bertz CT molecular complexity index is 882. The first-order valence-electron chi connectivity index (χ1n) is 8.28. The first-order valence-corrected chi connectivity index (χ1v) is 8.28. The molecule has 2 amide bonds. The van der Waals surface area contributed by atoms with Gasteiger partial charge in [-0.15, -0.1) is 0 Å². The van der Waals surface area contributed by atoms with Crippen LogP contribution < -0.4 is 5.01 Å². The molecule has 26 heavy (non-hydrogen) atoms. The Hall–Kier alpha value is -3.46. The summed E-state index contributed by atoms with van der Waals surface area (Å²) in [6, 6.07) is 18.2. The third-order valence-corrected chi connectivity index (χ3v) is 4.13. The van der Waals surface area contributed by atoms with Crippen molar-refractivity contribution in [3.63, 3.8) is 0 Å². The summed E-state index contributed by atoms with van der Waals surface area (Å²) in [4.78, 5) is 26.4. The third-order valence-electron chi connectivity index (χ3n) is 4.13. The molecule has 1 aliphatic heterocycles. The van der Waals surface area contributed by atoms with Crippen LogP contribution in [0.1, 0.15) is 24.0 Å². The Morgan fingerprint density at radius 2 is 1.85 bits per heavy atom. The van der Waals surface area contributed by atoms with Crippen molar-refractivity contribution in [1.29, 1.82) is 5.26 Å². The van der Waals surface area contributed by atoms with E-state index in [1.807, 2.05) is 30.3 Å². The maximum Gasteiger partial charge on any atom is 0.270 e. The topological polar surface area (TPSA) is 76.8 Å². The van der Waals surface area contributed by atoms with E-state index >= 15 is 0 Å². The number of nitrogens with zero attached hydrogens (tertiary/aromatic N) is 4. The van der Waals surface area contributed by atoms with Gasteiger partial charge in [0.1, 0.15) is 5.71 Å². The molecule has 0 aromatic heterocycles. The number of hydrogen-bond donors (Lipinski definition) is 0. The molecule has 0 spiro atoms. The van der Waals surface area contributed by atoms with Crippen molar-refractivity contribution in [2.24, 2.45) is 5.10 Å². The summed E-state index contributed by atoms with van der Waals surface area (Å²) in [5.41, 5.74) is 2.52. The second-order valence-corrected chi connectivity index (χ2v) is 6.06. The van der Waals surface area contributed by atoms with Gasteiger partial charge in [-0.1, -0.05) is 30.3 Å². The summed E-state index contributed by atoms with van der Waals surface area (Å²) in [5.74, 6) is -0.328. The summed E-state index contributed by atoms with van der Waals surface area (Å²) in [7, 11) is 1.70. The van der Waals surface area contributed by atoms with E-state index in [1.54, 1.807) is 36.2 Å². The first-order chi connectivity index (χ1) is 12.6. The number of carbonyl (C=O) groups excluding carboxylic acids is 2. The van der Waals surface area contributed by atoms with Crippen LogP contribution in [0, 0.1) is 11.3 Å². The van der Waals surface area contributed by atoms with E-state index in [0.29, 0.717) is 29.9 Å². The number of benzene rings is 2. The minimum atomic E-state index is -0.206. The van der Waals surface area contributed by atoms with Gasteiger partial charge in [-0.3, -0.25) is 9.59 Å². The Morgan fingerprint density at radius 3 is 2.50 bits per heavy atom. The van der Waals surface area contributed by atoms with E-state index in [4.69, 9.17) is 5.26 Å². The lowest BCUT2D eigenvalue weighted by Crippen LogP contribution is -2.39. The lowest BCUT2D eigenvalue weighted by atomic mass is 10.1. The Kier molecular flexibility index (Phi) is 5.09. The smallest absolute Gasteiger partial charge is 0.270 e. The summed E-state index contributed by atoms with van der Waals surface area (Å²) >= 11 is 0. The number of hydrogen-bond acceptors (Lipinski definition) is 4. The number of anilines is 1. The molecule has 0 atom stereocenters. The van der Waals surface area contributed by atoms with Gasteiger partial charge >= 0.3 is 0 Å². The molecule has 1 heterocycles. The summed E-state index contributed by atoms with van der Waals surface area (Å²) in [6.45, 7) is 0.406. The highest BCUT2D eigenvalue weighted by atomic mass is 16.2. The molecular weight excluding hydrogens is 328 g/mol. The quantitative estimate of drug-likeness (QED) is 0.854. The van der Waals surface area contributed by atoms with Crippen LogP contribution in [-0.2, 0) is 16.1 Å². The van der Waals surface area contributed by atoms with Crippen molar-refractivity contribution in [3.05, 3.63) is 65.7 Å². The fourth-order valence-electron chi connectivity index (χ4n) is 2.73. The molecule has 3 rings (SSSR count). The highest BCUT2D eigenvalue weighted by molar-refractivity contribution is 6.40. The van der Waals surface area contributed by atoms with Crippen molar-refractivity contribution in [3.8, 4) is 6.07 Å². The van der Waals surface area contributed by atoms with Gasteiger partial charge in [-0.2, -0.15) is 10.4 Å². The van der Waals surface area contributed by atoms with Gasteiger partial charge in [0.25, 0.3) is 5.91 Å². The second-order valence-electron chi connectivity index (χ2n) is 6.06. The highest BCUT2D eigenvalue weighted by Gasteiger charge is 2.27. The molecule has 0 saturated carbocycles. The number of nitriles is 1. The van der Waals surface area contributed by atoms with E-state index in [0.717, 1.165) is 5.56 Å². The lowest BCUT2D eigenvalue weighted by Gasteiger charge is -2.25. The van der Waals surface area contributed by atoms with E-state index in [9.17, 15) is 9.59 Å². The van der Waals surface area contributed by atoms with Gasteiger partial charge < -0.3 is 4.90 Å². The van der Waals surface area contributed by atoms with Crippen LogP contribution in [0.15, 0.2) is 59.7 Å². The molecule has 0 fully saturated rings. The normalized spacial score (nSPS) is 13.8. The molecule has 130 valence electrons. The van der Waals surface area contributed by atoms with Gasteiger partial charge in [0.05, 0.1) is 17.3 Å². The Balaban J connectivity index is 1.75. The van der Waals surface area contributed by atoms with E-state index in [1.165, 1.54) is 5.01 Å². The Morgan fingerprint density at radius 1 is 1.15 bits per heavy atom. The maximum absolute atomic E-state index is 12.7. The largest absolute Gasteiger partial charge is 0.336 e. The Labute approximate surface area is 152 Å². The van der Waals surface area contributed by atoms with E-state index in [-0.39, 0.29) is 18.2 Å². The number of amides is 2. The number of rotatable bonds is 4. The average molecular weight is 346 g/mol. The molecule has 0 bridgehead atoms. The molecular formula is C20H18N4O2. The standard InChI is InChI=1S/C20H18N4O2/c1-23(14-16-9-7-15(13-21)8-10-16)20(26)18-11-12-19(25)24(22-18)17-5-3-2-4-6-17/h2-10H,11-12,14H2,1H3. The highest BCUT2D eigenvalue weighted by Crippen LogP contribution is 2.20. The minimum absolute atomic E-state index is 0.123. The van der Waals surface area contributed by atoms with Gasteiger partial charge in [0.2, 0.25) is 5.91 Å². The molecule has 6 nitrogen and oxygen atoms in total. The first kappa shape index (κ1) is 17.4. The fraction of sp³-hybridized carbons (Fsp3) is 0.200. The van der Waals surface area contributed by atoms with Crippen molar-refractivity contribution in [2.75, 3.05) is 12.1 Å². The number of carbonyl (C=O) groups is 2. The van der Waals surface area contributed by atoms with Crippen molar-refractivity contribution >= 4 is 23.2 Å². The monoisotopic (exact) mass is 346 g/mol. The third kappa shape index (κ3) is 3.78. The predicted molar refractivity (Wildman–Crippen MR) is 98.2 cm³/mol. The van der Waals surface area contributed by atoms with Crippen LogP contribution in [0.3, 0.4) is 0 Å². The van der Waals surface area contributed by atoms with Crippen molar-refractivity contribution in [1.82, 2.24) is 4.90 Å². The zero-order valence-corrected chi connectivity index (χ0v) is 14.4. The van der Waals surface area contributed by atoms with Crippen LogP contribution in [0.2, 0.25) is 0 Å². The van der Waals surface area contributed by atoms with Gasteiger partial charge in [-0.05, 0) is 29.8 Å². The lowest BCUT2D eigenvalue weighted by molar-refractivity contribution is -0.123. The SMILES string of the molecule is CN(Cc1ccc(C#N)cc1)C(=O)C1=NN(c2ccccc2)C(=O)CC1. The minimum Gasteiger partial charge on any atom is -0.336 e. The average Bonchev–Trinajstić information content (AvgIpc) is 2.69. The van der Waals surface area contributed by atoms with E-state index in [2.05, 4.69) is 11.2 Å². The molecule has 2 aromatic rings. The molecule has 1 aliphatic rings. The zero-order valence-electron chi connectivity index (χ0n) is 14.4. The van der Waals surface area contributed by atoms with E-state index < -0.39 is 0 Å². The maximum atomic E-state index is 12.7.